The molecule has 0 aliphatic heterocycles. The first kappa shape index (κ1) is 20.7. The molecule has 0 aliphatic rings. The fourth-order valence-corrected chi connectivity index (χ4v) is 4.61. The van der Waals surface area contributed by atoms with E-state index in [9.17, 15) is 9.59 Å². The van der Waals surface area contributed by atoms with Gasteiger partial charge in [0.2, 0.25) is 5.91 Å². The number of fused-ring (bicyclic) bond motifs is 1. The average molecular weight is 433 g/mol. The lowest BCUT2D eigenvalue weighted by molar-refractivity contribution is -0.121. The minimum absolute atomic E-state index is 0.00872. The first-order valence-electron chi connectivity index (χ1n) is 10.1. The third kappa shape index (κ3) is 4.95. The van der Waals surface area contributed by atoms with Crippen LogP contribution in [0.15, 0.2) is 78.3 Å². The Kier molecular flexibility index (Phi) is 6.33. The van der Waals surface area contributed by atoms with Gasteiger partial charge in [0.05, 0.1) is 12.5 Å². The van der Waals surface area contributed by atoms with E-state index in [2.05, 4.69) is 33.8 Å². The maximum atomic E-state index is 12.8. The molecule has 31 heavy (non-hydrogen) atoms. The van der Waals surface area contributed by atoms with E-state index in [4.69, 9.17) is 5.73 Å². The van der Waals surface area contributed by atoms with Gasteiger partial charge in [0.25, 0.3) is 0 Å². The highest BCUT2D eigenvalue weighted by Crippen LogP contribution is 2.30. The first-order valence-corrected chi connectivity index (χ1v) is 11.0. The molecule has 0 aliphatic carbocycles. The molecule has 2 heterocycles. The Labute approximate surface area is 184 Å². The molecule has 7 heteroatoms. The Morgan fingerprint density at radius 1 is 1.00 bits per heavy atom. The van der Waals surface area contributed by atoms with E-state index in [1.807, 2.05) is 60.1 Å². The van der Waals surface area contributed by atoms with Crippen LogP contribution in [0.25, 0.3) is 10.9 Å². The molecule has 2 aromatic carbocycles. The molecule has 0 saturated heterocycles. The SMILES string of the molecule is NC(=O)NC(CC(=O)NCC(c1ccccc1)c1c[nH]c2ccccc12)c1cccs1. The van der Waals surface area contributed by atoms with Crippen molar-refractivity contribution in [3.8, 4) is 0 Å². The van der Waals surface area contributed by atoms with Crippen LogP contribution in [-0.2, 0) is 4.79 Å². The summed E-state index contributed by atoms with van der Waals surface area (Å²) in [5, 5.41) is 8.77. The standard InChI is InChI=1S/C24H24N4O2S/c25-24(30)28-21(22-11-6-12-31-22)13-23(29)27-14-18(16-7-2-1-3-8-16)19-15-26-20-10-5-4-9-17(19)20/h1-12,15,18,21,26H,13-14H2,(H,27,29)(H3,25,28,30). The quantitative estimate of drug-likeness (QED) is 0.334. The Hall–Kier alpha value is -3.58. The lowest BCUT2D eigenvalue weighted by atomic mass is 9.91. The topological polar surface area (TPSA) is 100 Å². The minimum Gasteiger partial charge on any atom is -0.361 e. The molecule has 0 spiro atoms. The van der Waals surface area contributed by atoms with Crippen molar-refractivity contribution < 1.29 is 9.59 Å². The lowest BCUT2D eigenvalue weighted by Crippen LogP contribution is -2.37. The number of nitrogens with two attached hydrogens (primary N) is 1. The highest BCUT2D eigenvalue weighted by molar-refractivity contribution is 7.10. The number of hydrogen-bond acceptors (Lipinski definition) is 3. The van der Waals surface area contributed by atoms with E-state index in [-0.39, 0.29) is 18.2 Å². The summed E-state index contributed by atoms with van der Waals surface area (Å²) >= 11 is 1.48. The summed E-state index contributed by atoms with van der Waals surface area (Å²) in [6, 6.07) is 21.0. The molecule has 2 atom stereocenters. The molecular weight excluding hydrogens is 408 g/mol. The molecule has 0 bridgehead atoms. The summed E-state index contributed by atoms with van der Waals surface area (Å²) in [6.45, 7) is 0.443. The van der Waals surface area contributed by atoms with Gasteiger partial charge >= 0.3 is 6.03 Å². The number of amides is 3. The highest BCUT2D eigenvalue weighted by atomic mass is 32.1. The number of thiophene rings is 1. The van der Waals surface area contributed by atoms with Crippen molar-refractivity contribution in [1.29, 1.82) is 0 Å². The van der Waals surface area contributed by atoms with Gasteiger partial charge in [-0.25, -0.2) is 4.79 Å². The van der Waals surface area contributed by atoms with Crippen LogP contribution in [0.4, 0.5) is 4.79 Å². The van der Waals surface area contributed by atoms with Gasteiger partial charge in [-0.3, -0.25) is 4.79 Å². The van der Waals surface area contributed by atoms with Gasteiger partial charge in [-0.15, -0.1) is 11.3 Å². The number of H-pyrrole nitrogens is 1. The second-order valence-electron chi connectivity index (χ2n) is 7.34. The predicted molar refractivity (Wildman–Crippen MR) is 124 cm³/mol. The molecule has 5 N–H and O–H groups in total. The Morgan fingerprint density at radius 3 is 2.52 bits per heavy atom. The summed E-state index contributed by atoms with van der Waals surface area (Å²) in [7, 11) is 0. The zero-order valence-corrected chi connectivity index (χ0v) is 17.7. The van der Waals surface area contributed by atoms with Gasteiger partial charge in [-0.1, -0.05) is 54.6 Å². The van der Waals surface area contributed by atoms with Gasteiger partial charge in [0.15, 0.2) is 0 Å². The van der Waals surface area contributed by atoms with Gasteiger partial charge in [-0.2, -0.15) is 0 Å². The number of aromatic amines is 1. The number of primary amides is 1. The molecule has 4 aromatic rings. The number of aromatic nitrogens is 1. The van der Waals surface area contributed by atoms with Crippen molar-refractivity contribution in [2.75, 3.05) is 6.54 Å². The number of carbonyl (C=O) groups excluding carboxylic acids is 2. The van der Waals surface area contributed by atoms with Crippen molar-refractivity contribution >= 4 is 34.2 Å². The molecule has 0 radical (unpaired) electrons. The number of para-hydroxylation sites is 1. The summed E-state index contributed by atoms with van der Waals surface area (Å²) in [5.74, 6) is -0.154. The highest BCUT2D eigenvalue weighted by Gasteiger charge is 2.22. The van der Waals surface area contributed by atoms with Gasteiger partial charge in [0.1, 0.15) is 0 Å². The van der Waals surface area contributed by atoms with E-state index in [0.717, 1.165) is 26.9 Å². The second-order valence-corrected chi connectivity index (χ2v) is 8.32. The maximum absolute atomic E-state index is 12.8. The Morgan fingerprint density at radius 2 is 1.77 bits per heavy atom. The second kappa shape index (κ2) is 9.49. The van der Waals surface area contributed by atoms with Crippen LogP contribution in [-0.4, -0.2) is 23.5 Å². The summed E-state index contributed by atoms with van der Waals surface area (Å²) in [6.07, 6.45) is 2.14. The van der Waals surface area contributed by atoms with Gasteiger partial charge in [-0.05, 0) is 28.6 Å². The molecule has 4 rings (SSSR count). The number of rotatable bonds is 8. The van der Waals surface area contributed by atoms with Crippen molar-refractivity contribution in [3.63, 3.8) is 0 Å². The van der Waals surface area contributed by atoms with E-state index >= 15 is 0 Å². The van der Waals surface area contributed by atoms with E-state index < -0.39 is 12.1 Å². The molecule has 2 aromatic heterocycles. The van der Waals surface area contributed by atoms with Crippen molar-refractivity contribution in [1.82, 2.24) is 15.6 Å². The summed E-state index contributed by atoms with van der Waals surface area (Å²) in [5.41, 5.74) is 8.63. The average Bonchev–Trinajstić information content (AvgIpc) is 3.45. The summed E-state index contributed by atoms with van der Waals surface area (Å²) < 4.78 is 0. The van der Waals surface area contributed by atoms with E-state index in [1.54, 1.807) is 0 Å². The minimum atomic E-state index is -0.646. The van der Waals surface area contributed by atoms with Crippen LogP contribution in [0.5, 0.6) is 0 Å². The smallest absolute Gasteiger partial charge is 0.312 e. The van der Waals surface area contributed by atoms with Gasteiger partial charge < -0.3 is 21.4 Å². The fraction of sp³-hybridized carbons (Fsp3) is 0.167. The third-order valence-corrected chi connectivity index (χ3v) is 6.28. The van der Waals surface area contributed by atoms with Crippen LogP contribution in [0.3, 0.4) is 0 Å². The van der Waals surface area contributed by atoms with Crippen molar-refractivity contribution in [2.45, 2.75) is 18.4 Å². The first-order chi connectivity index (χ1) is 15.1. The molecule has 2 unspecified atom stereocenters. The largest absolute Gasteiger partial charge is 0.361 e. The molecule has 3 amide bonds. The number of benzene rings is 2. The van der Waals surface area contributed by atoms with Crippen molar-refractivity contribution in [3.05, 3.63) is 94.3 Å². The van der Waals surface area contributed by atoms with Crippen LogP contribution < -0.4 is 16.4 Å². The van der Waals surface area contributed by atoms with Crippen molar-refractivity contribution in [2.24, 2.45) is 5.73 Å². The third-order valence-electron chi connectivity index (χ3n) is 5.29. The van der Waals surface area contributed by atoms with E-state index in [1.165, 1.54) is 11.3 Å². The monoisotopic (exact) mass is 432 g/mol. The molecule has 6 nitrogen and oxygen atoms in total. The Balaban J connectivity index is 1.52. The summed E-state index contributed by atoms with van der Waals surface area (Å²) in [4.78, 5) is 28.4. The van der Waals surface area contributed by atoms with Crippen LogP contribution in [0.2, 0.25) is 0 Å². The zero-order valence-electron chi connectivity index (χ0n) is 16.9. The number of urea groups is 1. The van der Waals surface area contributed by atoms with Gasteiger partial charge in [0, 0.05) is 34.4 Å². The molecule has 0 saturated carbocycles. The lowest BCUT2D eigenvalue weighted by Gasteiger charge is -2.20. The molecule has 158 valence electrons. The maximum Gasteiger partial charge on any atom is 0.312 e. The predicted octanol–water partition coefficient (Wildman–Crippen LogP) is 4.28. The number of carbonyl (C=O) groups is 2. The molecule has 0 fully saturated rings. The molecular formula is C24H24N4O2S. The zero-order chi connectivity index (χ0) is 21.6. The number of nitrogens with one attached hydrogen (secondary N) is 3. The normalized spacial score (nSPS) is 12.9. The van der Waals surface area contributed by atoms with E-state index in [0.29, 0.717) is 6.54 Å². The van der Waals surface area contributed by atoms with Crippen LogP contribution >= 0.6 is 11.3 Å². The van der Waals surface area contributed by atoms with Crippen LogP contribution in [0.1, 0.15) is 34.4 Å². The van der Waals surface area contributed by atoms with Crippen LogP contribution in [0, 0.1) is 0 Å². The number of hydrogen-bond donors (Lipinski definition) is 4. The fourth-order valence-electron chi connectivity index (χ4n) is 3.83. The Bertz CT molecular complexity index is 1150.